The minimum atomic E-state index is -4.60. The minimum Gasteiger partial charge on any atom is -0.325 e. The second-order valence-corrected chi connectivity index (χ2v) is 5.97. The lowest BCUT2D eigenvalue weighted by Gasteiger charge is -2.07. The number of sulfone groups is 1. The SMILES string of the molecule is CCCNCC(=O)Nc1ccc(S(=O)(=O)C(F)F)cc1. The fourth-order valence-electron chi connectivity index (χ4n) is 1.41. The van der Waals surface area contributed by atoms with Crippen molar-refractivity contribution in [3.8, 4) is 0 Å². The van der Waals surface area contributed by atoms with E-state index in [1.807, 2.05) is 6.92 Å². The van der Waals surface area contributed by atoms with Gasteiger partial charge < -0.3 is 10.6 Å². The molecule has 1 aromatic carbocycles. The van der Waals surface area contributed by atoms with Crippen LogP contribution in [0.3, 0.4) is 0 Å². The number of amides is 1. The van der Waals surface area contributed by atoms with Gasteiger partial charge in [-0.1, -0.05) is 6.92 Å². The number of benzene rings is 1. The number of rotatable bonds is 7. The number of hydrogen-bond acceptors (Lipinski definition) is 4. The highest BCUT2D eigenvalue weighted by Gasteiger charge is 2.26. The second-order valence-electron chi connectivity index (χ2n) is 4.05. The summed E-state index contributed by atoms with van der Waals surface area (Å²) in [5, 5.41) is 5.42. The first-order chi connectivity index (χ1) is 9.37. The first kappa shape index (κ1) is 16.5. The topological polar surface area (TPSA) is 75.3 Å². The summed E-state index contributed by atoms with van der Waals surface area (Å²) in [7, 11) is -4.60. The molecule has 0 bridgehead atoms. The highest BCUT2D eigenvalue weighted by Crippen LogP contribution is 2.20. The first-order valence-electron chi connectivity index (χ1n) is 6.00. The van der Waals surface area contributed by atoms with Crippen LogP contribution < -0.4 is 10.6 Å². The molecule has 0 saturated heterocycles. The van der Waals surface area contributed by atoms with Gasteiger partial charge in [0.15, 0.2) is 0 Å². The molecule has 1 rings (SSSR count). The second kappa shape index (κ2) is 7.30. The molecule has 0 aromatic heterocycles. The molecule has 0 unspecified atom stereocenters. The molecule has 1 aromatic rings. The number of halogens is 2. The number of carbonyl (C=O) groups is 1. The zero-order valence-electron chi connectivity index (χ0n) is 10.9. The number of nitrogens with one attached hydrogen (secondary N) is 2. The summed E-state index contributed by atoms with van der Waals surface area (Å²) in [5.74, 6) is -3.75. The standard InChI is InChI=1S/C12H16F2N2O3S/c1-2-7-15-8-11(17)16-9-3-5-10(6-4-9)20(18,19)12(13)14/h3-6,12,15H,2,7-8H2,1H3,(H,16,17). The maximum absolute atomic E-state index is 12.3. The molecule has 0 radical (unpaired) electrons. The number of anilines is 1. The molecule has 2 N–H and O–H groups in total. The maximum atomic E-state index is 12.3. The summed E-state index contributed by atoms with van der Waals surface area (Å²) in [6.07, 6.45) is 0.896. The Hall–Kier alpha value is -1.54. The van der Waals surface area contributed by atoms with Crippen LogP contribution in [0.25, 0.3) is 0 Å². The van der Waals surface area contributed by atoms with E-state index in [0.29, 0.717) is 12.2 Å². The lowest BCUT2D eigenvalue weighted by molar-refractivity contribution is -0.115. The normalized spacial score (nSPS) is 11.6. The molecule has 0 atom stereocenters. The molecule has 8 heteroatoms. The van der Waals surface area contributed by atoms with E-state index in [4.69, 9.17) is 0 Å². The van der Waals surface area contributed by atoms with Gasteiger partial charge in [-0.05, 0) is 37.2 Å². The molecule has 0 aliphatic carbocycles. The van der Waals surface area contributed by atoms with E-state index in [9.17, 15) is 22.0 Å². The Labute approximate surface area is 116 Å². The van der Waals surface area contributed by atoms with Gasteiger partial charge in [0.2, 0.25) is 15.7 Å². The monoisotopic (exact) mass is 306 g/mol. The van der Waals surface area contributed by atoms with Crippen molar-refractivity contribution in [2.45, 2.75) is 24.0 Å². The number of hydrogen-bond donors (Lipinski definition) is 2. The van der Waals surface area contributed by atoms with Gasteiger partial charge in [0.25, 0.3) is 0 Å². The quantitative estimate of drug-likeness (QED) is 0.751. The molecule has 112 valence electrons. The van der Waals surface area contributed by atoms with E-state index < -0.39 is 20.5 Å². The summed E-state index contributed by atoms with van der Waals surface area (Å²) >= 11 is 0. The summed E-state index contributed by atoms with van der Waals surface area (Å²) < 4.78 is 47.0. The van der Waals surface area contributed by atoms with E-state index in [2.05, 4.69) is 10.6 Å². The highest BCUT2D eigenvalue weighted by atomic mass is 32.2. The van der Waals surface area contributed by atoms with Crippen molar-refractivity contribution < 1.29 is 22.0 Å². The van der Waals surface area contributed by atoms with E-state index in [0.717, 1.165) is 18.6 Å². The molecule has 0 fully saturated rings. The lowest BCUT2D eigenvalue weighted by atomic mass is 10.3. The van der Waals surface area contributed by atoms with Crippen molar-refractivity contribution in [1.82, 2.24) is 5.32 Å². The van der Waals surface area contributed by atoms with E-state index in [-0.39, 0.29) is 12.5 Å². The zero-order chi connectivity index (χ0) is 15.2. The number of carbonyl (C=O) groups excluding carboxylic acids is 1. The summed E-state index contributed by atoms with van der Waals surface area (Å²) in [5.41, 5.74) is 0.349. The molecule has 0 heterocycles. The van der Waals surface area contributed by atoms with E-state index in [1.54, 1.807) is 0 Å². The van der Waals surface area contributed by atoms with Crippen LogP contribution >= 0.6 is 0 Å². The Morgan fingerprint density at radius 1 is 1.25 bits per heavy atom. The van der Waals surface area contributed by atoms with Gasteiger partial charge in [0, 0.05) is 5.69 Å². The molecular formula is C12H16F2N2O3S. The fraction of sp³-hybridized carbons (Fsp3) is 0.417. The van der Waals surface area contributed by atoms with Crippen LogP contribution in [0.5, 0.6) is 0 Å². The Bertz CT molecular complexity index is 544. The fourth-order valence-corrected chi connectivity index (χ4v) is 2.14. The molecule has 0 aliphatic rings. The summed E-state index contributed by atoms with van der Waals surface area (Å²) in [6.45, 7) is 2.80. The molecule has 20 heavy (non-hydrogen) atoms. The lowest BCUT2D eigenvalue weighted by Crippen LogP contribution is -2.28. The molecule has 0 saturated carbocycles. The van der Waals surface area contributed by atoms with Crippen LogP contribution in [0, 0.1) is 0 Å². The average Bonchev–Trinajstić information content (AvgIpc) is 2.39. The predicted molar refractivity (Wildman–Crippen MR) is 71.4 cm³/mol. The highest BCUT2D eigenvalue weighted by molar-refractivity contribution is 7.91. The van der Waals surface area contributed by atoms with Crippen LogP contribution in [-0.2, 0) is 14.6 Å². The Morgan fingerprint density at radius 3 is 2.35 bits per heavy atom. The van der Waals surface area contributed by atoms with Crippen LogP contribution in [0.2, 0.25) is 0 Å². The van der Waals surface area contributed by atoms with Crippen molar-refractivity contribution in [3.05, 3.63) is 24.3 Å². The smallest absolute Gasteiger partial charge is 0.325 e. The summed E-state index contributed by atoms with van der Waals surface area (Å²) in [4.78, 5) is 11.0. The van der Waals surface area contributed by atoms with Crippen LogP contribution in [0.1, 0.15) is 13.3 Å². The Kier molecular flexibility index (Phi) is 6.03. The Balaban J connectivity index is 2.66. The van der Waals surface area contributed by atoms with Gasteiger partial charge in [0.05, 0.1) is 11.4 Å². The average molecular weight is 306 g/mol. The van der Waals surface area contributed by atoms with Gasteiger partial charge in [-0.3, -0.25) is 4.79 Å². The van der Waals surface area contributed by atoms with Crippen molar-refractivity contribution in [3.63, 3.8) is 0 Å². The van der Waals surface area contributed by atoms with Crippen molar-refractivity contribution >= 4 is 21.4 Å². The third-order valence-corrected chi connectivity index (χ3v) is 3.81. The summed E-state index contributed by atoms with van der Waals surface area (Å²) in [6, 6.07) is 4.62. The van der Waals surface area contributed by atoms with E-state index >= 15 is 0 Å². The van der Waals surface area contributed by atoms with Gasteiger partial charge in [-0.15, -0.1) is 0 Å². The first-order valence-corrected chi connectivity index (χ1v) is 7.55. The van der Waals surface area contributed by atoms with Crippen molar-refractivity contribution in [2.24, 2.45) is 0 Å². The van der Waals surface area contributed by atoms with Gasteiger partial charge in [-0.25, -0.2) is 8.42 Å². The predicted octanol–water partition coefficient (Wildman–Crippen LogP) is 1.62. The van der Waals surface area contributed by atoms with Crippen LogP contribution in [0.15, 0.2) is 29.2 Å². The van der Waals surface area contributed by atoms with Crippen LogP contribution in [-0.4, -0.2) is 33.2 Å². The third kappa shape index (κ3) is 4.53. The van der Waals surface area contributed by atoms with Gasteiger partial charge >= 0.3 is 5.76 Å². The van der Waals surface area contributed by atoms with Crippen molar-refractivity contribution in [1.29, 1.82) is 0 Å². The van der Waals surface area contributed by atoms with Gasteiger partial charge in [-0.2, -0.15) is 8.78 Å². The maximum Gasteiger partial charge on any atom is 0.341 e. The molecule has 0 spiro atoms. The van der Waals surface area contributed by atoms with Crippen molar-refractivity contribution in [2.75, 3.05) is 18.4 Å². The van der Waals surface area contributed by atoms with Gasteiger partial charge in [0.1, 0.15) is 0 Å². The molecule has 0 aliphatic heterocycles. The third-order valence-electron chi connectivity index (χ3n) is 2.41. The number of alkyl halides is 2. The van der Waals surface area contributed by atoms with Crippen LogP contribution in [0.4, 0.5) is 14.5 Å². The Morgan fingerprint density at radius 2 is 1.85 bits per heavy atom. The largest absolute Gasteiger partial charge is 0.341 e. The zero-order valence-corrected chi connectivity index (χ0v) is 11.7. The molecule has 5 nitrogen and oxygen atoms in total. The molecular weight excluding hydrogens is 290 g/mol. The minimum absolute atomic E-state index is 0.130. The van der Waals surface area contributed by atoms with E-state index in [1.165, 1.54) is 12.1 Å². The molecule has 1 amide bonds.